The van der Waals surface area contributed by atoms with Gasteiger partial charge in [-0.15, -0.1) is 0 Å². The van der Waals surface area contributed by atoms with E-state index in [4.69, 9.17) is 9.47 Å². The quantitative estimate of drug-likeness (QED) is 0.816. The lowest BCUT2D eigenvalue weighted by molar-refractivity contribution is -0.126. The van der Waals surface area contributed by atoms with E-state index in [9.17, 15) is 13.2 Å². The first kappa shape index (κ1) is 16.8. The molecule has 0 saturated carbocycles. The first-order valence-corrected chi connectivity index (χ1v) is 9.64. The number of hydrogen-bond acceptors (Lipinski definition) is 5. The van der Waals surface area contributed by atoms with E-state index in [0.717, 1.165) is 11.8 Å². The SMILES string of the molecule is CS(=O)(=O)NC1CCN(C(=O)/C=C/c2ccc3c(c2)OCO3)CC1. The number of piperidine rings is 1. The number of likely N-dealkylation sites (tertiary alicyclic amines) is 1. The van der Waals surface area contributed by atoms with Gasteiger partial charge in [0.25, 0.3) is 0 Å². The van der Waals surface area contributed by atoms with Crippen molar-refractivity contribution >= 4 is 22.0 Å². The molecule has 1 saturated heterocycles. The van der Waals surface area contributed by atoms with Crippen molar-refractivity contribution in [3.8, 4) is 11.5 Å². The Labute approximate surface area is 141 Å². The summed E-state index contributed by atoms with van der Waals surface area (Å²) in [5, 5.41) is 0. The summed E-state index contributed by atoms with van der Waals surface area (Å²) < 4.78 is 35.6. The Hall–Kier alpha value is -2.06. The first-order chi connectivity index (χ1) is 11.4. The third kappa shape index (κ3) is 4.27. The molecular weight excluding hydrogens is 332 g/mol. The number of sulfonamides is 1. The summed E-state index contributed by atoms with van der Waals surface area (Å²) in [5.74, 6) is 1.31. The first-order valence-electron chi connectivity index (χ1n) is 7.75. The molecule has 1 aromatic rings. The van der Waals surface area contributed by atoms with Gasteiger partial charge in [-0.05, 0) is 36.6 Å². The number of nitrogens with zero attached hydrogens (tertiary/aromatic N) is 1. The molecule has 1 fully saturated rings. The topological polar surface area (TPSA) is 84.9 Å². The van der Waals surface area contributed by atoms with Crippen LogP contribution >= 0.6 is 0 Å². The third-order valence-corrected chi connectivity index (χ3v) is 4.76. The fourth-order valence-electron chi connectivity index (χ4n) is 2.81. The van der Waals surface area contributed by atoms with E-state index in [0.29, 0.717) is 37.4 Å². The van der Waals surface area contributed by atoms with Crippen LogP contribution in [0.3, 0.4) is 0 Å². The Bertz CT molecular complexity index is 752. The van der Waals surface area contributed by atoms with Crippen molar-refractivity contribution < 1.29 is 22.7 Å². The third-order valence-electron chi connectivity index (χ3n) is 4.00. The fraction of sp³-hybridized carbons (Fsp3) is 0.438. The Morgan fingerprint density at radius 2 is 1.96 bits per heavy atom. The Kier molecular flexibility index (Phi) is 4.77. The summed E-state index contributed by atoms with van der Waals surface area (Å²) in [6.07, 6.45) is 5.67. The summed E-state index contributed by atoms with van der Waals surface area (Å²) >= 11 is 0. The molecule has 2 heterocycles. The summed E-state index contributed by atoms with van der Waals surface area (Å²) in [7, 11) is -3.20. The average molecular weight is 352 g/mol. The molecule has 1 N–H and O–H groups in total. The van der Waals surface area contributed by atoms with Crippen molar-refractivity contribution in [2.75, 3.05) is 26.1 Å². The van der Waals surface area contributed by atoms with Gasteiger partial charge >= 0.3 is 0 Å². The lowest BCUT2D eigenvalue weighted by Crippen LogP contribution is -2.45. The van der Waals surface area contributed by atoms with Gasteiger partial charge in [0.15, 0.2) is 11.5 Å². The van der Waals surface area contributed by atoms with E-state index in [1.165, 1.54) is 6.08 Å². The van der Waals surface area contributed by atoms with Gasteiger partial charge < -0.3 is 14.4 Å². The van der Waals surface area contributed by atoms with Crippen LogP contribution in [-0.2, 0) is 14.8 Å². The second kappa shape index (κ2) is 6.82. The summed E-state index contributed by atoms with van der Waals surface area (Å²) in [6.45, 7) is 1.30. The maximum Gasteiger partial charge on any atom is 0.246 e. The lowest BCUT2D eigenvalue weighted by atomic mass is 10.1. The summed E-state index contributed by atoms with van der Waals surface area (Å²) in [4.78, 5) is 14.0. The Balaban J connectivity index is 1.54. The number of carbonyl (C=O) groups is 1. The number of hydrogen-bond donors (Lipinski definition) is 1. The number of fused-ring (bicyclic) bond motifs is 1. The maximum atomic E-state index is 12.2. The number of rotatable bonds is 4. The molecule has 3 rings (SSSR count). The standard InChI is InChI=1S/C16H20N2O5S/c1-24(20,21)17-13-6-8-18(9-7-13)16(19)5-3-12-2-4-14-15(10-12)23-11-22-14/h2-5,10,13,17H,6-9,11H2,1H3/b5-3+. The van der Waals surface area contributed by atoms with E-state index < -0.39 is 10.0 Å². The van der Waals surface area contributed by atoms with Crippen LogP contribution in [0.1, 0.15) is 18.4 Å². The van der Waals surface area contributed by atoms with Gasteiger partial charge in [0, 0.05) is 25.2 Å². The molecule has 24 heavy (non-hydrogen) atoms. The molecule has 7 nitrogen and oxygen atoms in total. The van der Waals surface area contributed by atoms with Crippen LogP contribution in [0.25, 0.3) is 6.08 Å². The Morgan fingerprint density at radius 1 is 1.25 bits per heavy atom. The lowest BCUT2D eigenvalue weighted by Gasteiger charge is -2.31. The van der Waals surface area contributed by atoms with E-state index in [1.807, 2.05) is 18.2 Å². The molecule has 0 radical (unpaired) electrons. The van der Waals surface area contributed by atoms with E-state index in [1.54, 1.807) is 11.0 Å². The van der Waals surface area contributed by atoms with Crippen LogP contribution in [0.4, 0.5) is 0 Å². The minimum Gasteiger partial charge on any atom is -0.454 e. The van der Waals surface area contributed by atoms with Crippen LogP contribution in [-0.4, -0.2) is 51.4 Å². The summed E-state index contributed by atoms with van der Waals surface area (Å²) in [6, 6.07) is 5.41. The van der Waals surface area contributed by atoms with Gasteiger partial charge in [-0.3, -0.25) is 4.79 Å². The molecule has 1 amide bonds. The molecule has 0 spiro atoms. The van der Waals surface area contributed by atoms with Gasteiger partial charge in [-0.2, -0.15) is 0 Å². The molecular formula is C16H20N2O5S. The predicted octanol–water partition coefficient (Wildman–Crippen LogP) is 0.969. The minimum atomic E-state index is -3.20. The molecule has 0 atom stereocenters. The maximum absolute atomic E-state index is 12.2. The van der Waals surface area contributed by atoms with Gasteiger partial charge in [0.1, 0.15) is 0 Å². The van der Waals surface area contributed by atoms with Crippen LogP contribution in [0.5, 0.6) is 11.5 Å². The van der Waals surface area contributed by atoms with E-state index in [-0.39, 0.29) is 18.7 Å². The van der Waals surface area contributed by atoms with Crippen molar-refractivity contribution in [3.05, 3.63) is 29.8 Å². The van der Waals surface area contributed by atoms with E-state index >= 15 is 0 Å². The second-order valence-corrected chi connectivity index (χ2v) is 7.72. The highest BCUT2D eigenvalue weighted by Gasteiger charge is 2.23. The minimum absolute atomic E-state index is 0.0783. The molecule has 2 aliphatic heterocycles. The molecule has 0 bridgehead atoms. The highest BCUT2D eigenvalue weighted by Crippen LogP contribution is 2.32. The van der Waals surface area contributed by atoms with Gasteiger partial charge in [0.05, 0.1) is 6.26 Å². The molecule has 0 unspecified atom stereocenters. The smallest absolute Gasteiger partial charge is 0.246 e. The van der Waals surface area contributed by atoms with Crippen molar-refractivity contribution in [1.82, 2.24) is 9.62 Å². The van der Waals surface area contributed by atoms with Crippen LogP contribution in [0.15, 0.2) is 24.3 Å². The van der Waals surface area contributed by atoms with Gasteiger partial charge in [-0.1, -0.05) is 6.07 Å². The van der Waals surface area contributed by atoms with Crippen molar-refractivity contribution in [2.45, 2.75) is 18.9 Å². The van der Waals surface area contributed by atoms with E-state index in [2.05, 4.69) is 4.72 Å². The van der Waals surface area contributed by atoms with Gasteiger partial charge in [0.2, 0.25) is 22.7 Å². The van der Waals surface area contributed by atoms with Gasteiger partial charge in [-0.25, -0.2) is 13.1 Å². The highest BCUT2D eigenvalue weighted by atomic mass is 32.2. The molecule has 130 valence electrons. The molecule has 0 aromatic heterocycles. The zero-order valence-corrected chi connectivity index (χ0v) is 14.2. The largest absolute Gasteiger partial charge is 0.454 e. The van der Waals surface area contributed by atoms with Crippen molar-refractivity contribution in [1.29, 1.82) is 0 Å². The average Bonchev–Trinajstić information content (AvgIpc) is 2.99. The molecule has 8 heteroatoms. The second-order valence-electron chi connectivity index (χ2n) is 5.94. The molecule has 2 aliphatic rings. The number of carbonyl (C=O) groups excluding carboxylic acids is 1. The zero-order valence-electron chi connectivity index (χ0n) is 13.4. The monoisotopic (exact) mass is 352 g/mol. The van der Waals surface area contributed by atoms with Crippen molar-refractivity contribution in [2.24, 2.45) is 0 Å². The number of benzene rings is 1. The predicted molar refractivity (Wildman–Crippen MR) is 89.2 cm³/mol. The van der Waals surface area contributed by atoms with Crippen molar-refractivity contribution in [3.63, 3.8) is 0 Å². The fourth-order valence-corrected chi connectivity index (χ4v) is 3.65. The summed E-state index contributed by atoms with van der Waals surface area (Å²) in [5.41, 5.74) is 0.862. The number of amides is 1. The highest BCUT2D eigenvalue weighted by molar-refractivity contribution is 7.88. The number of nitrogens with one attached hydrogen (secondary N) is 1. The molecule has 0 aliphatic carbocycles. The number of ether oxygens (including phenoxy) is 2. The van der Waals surface area contributed by atoms with Crippen LogP contribution in [0, 0.1) is 0 Å². The normalized spacial score (nSPS) is 18.3. The zero-order chi connectivity index (χ0) is 17.2. The Morgan fingerprint density at radius 3 is 2.67 bits per heavy atom. The van der Waals surface area contributed by atoms with Crippen LogP contribution in [0.2, 0.25) is 0 Å². The molecule has 1 aromatic carbocycles. The van der Waals surface area contributed by atoms with Crippen LogP contribution < -0.4 is 14.2 Å².